The van der Waals surface area contributed by atoms with Crippen molar-refractivity contribution >= 4 is 0 Å². The quantitative estimate of drug-likeness (QED) is 0.538. The fraction of sp³-hybridized carbons (Fsp3) is 0.333. The van der Waals surface area contributed by atoms with Gasteiger partial charge in [-0.15, -0.1) is 13.2 Å². The lowest BCUT2D eigenvalue weighted by atomic mass is 10.1. The molecule has 0 bridgehead atoms. The number of rotatable bonds is 7. The van der Waals surface area contributed by atoms with Crippen molar-refractivity contribution < 1.29 is 0 Å². The van der Waals surface area contributed by atoms with E-state index in [-0.39, 0.29) is 6.04 Å². The van der Waals surface area contributed by atoms with E-state index < -0.39 is 0 Å². The maximum atomic E-state index is 3.87. The molecule has 0 aliphatic rings. The summed E-state index contributed by atoms with van der Waals surface area (Å²) in [6.07, 6.45) is 7.45. The van der Waals surface area contributed by atoms with E-state index in [1.807, 2.05) is 17.9 Å². The third-order valence-electron chi connectivity index (χ3n) is 1.94. The molecule has 0 saturated carbocycles. The maximum Gasteiger partial charge on any atom is 0.0510 e. The first-order valence-corrected chi connectivity index (χ1v) is 4.45. The Hall–Kier alpha value is -1.24. The van der Waals surface area contributed by atoms with E-state index in [0.717, 1.165) is 12.8 Å². The van der Waals surface area contributed by atoms with Gasteiger partial charge in [-0.25, -0.2) is 0 Å². The minimum atomic E-state index is 0.284. The van der Waals surface area contributed by atoms with Gasteiger partial charge < -0.3 is 4.90 Å². The van der Waals surface area contributed by atoms with Crippen molar-refractivity contribution in [1.29, 1.82) is 0 Å². The van der Waals surface area contributed by atoms with Crippen LogP contribution in [0.3, 0.4) is 0 Å². The Morgan fingerprint density at radius 3 is 2.15 bits per heavy atom. The Labute approximate surface area is 81.8 Å². The zero-order valence-corrected chi connectivity index (χ0v) is 8.50. The minimum Gasteiger partial charge on any atom is -0.349 e. The average molecular weight is 177 g/mol. The Morgan fingerprint density at radius 2 is 1.85 bits per heavy atom. The molecule has 0 amide bonds. The van der Waals surface area contributed by atoms with Crippen molar-refractivity contribution in [2.75, 3.05) is 0 Å². The Bertz CT molecular complexity index is 195. The van der Waals surface area contributed by atoms with Crippen LogP contribution in [-0.2, 0) is 0 Å². The van der Waals surface area contributed by atoms with Gasteiger partial charge in [-0.3, -0.25) is 0 Å². The van der Waals surface area contributed by atoms with E-state index >= 15 is 0 Å². The van der Waals surface area contributed by atoms with E-state index in [9.17, 15) is 0 Å². The summed E-state index contributed by atoms with van der Waals surface area (Å²) < 4.78 is 0. The van der Waals surface area contributed by atoms with Crippen molar-refractivity contribution in [1.82, 2.24) is 4.90 Å². The first kappa shape index (κ1) is 11.8. The highest BCUT2D eigenvalue weighted by atomic mass is 15.1. The number of nitrogens with zero attached hydrogens (tertiary/aromatic N) is 1. The van der Waals surface area contributed by atoms with Crippen LogP contribution in [0.25, 0.3) is 0 Å². The third kappa shape index (κ3) is 4.36. The number of allylic oxidation sites excluding steroid dienone is 1. The smallest absolute Gasteiger partial charge is 0.0510 e. The second-order valence-corrected chi connectivity index (χ2v) is 3.11. The van der Waals surface area contributed by atoms with Crippen LogP contribution in [0.15, 0.2) is 50.4 Å². The fourth-order valence-corrected chi connectivity index (χ4v) is 1.13. The molecule has 1 heteroatoms. The van der Waals surface area contributed by atoms with Gasteiger partial charge in [0.05, 0.1) is 6.04 Å². The van der Waals surface area contributed by atoms with E-state index in [1.165, 1.54) is 5.57 Å². The normalized spacial score (nSPS) is 11.5. The molecule has 0 saturated heterocycles. The molecule has 0 heterocycles. The highest BCUT2D eigenvalue weighted by Crippen LogP contribution is 2.12. The molecule has 1 unspecified atom stereocenters. The first-order chi connectivity index (χ1) is 6.15. The topological polar surface area (TPSA) is 3.24 Å². The number of hydrogen-bond acceptors (Lipinski definition) is 1. The summed E-state index contributed by atoms with van der Waals surface area (Å²) in [4.78, 5) is 1.95. The fourth-order valence-electron chi connectivity index (χ4n) is 1.13. The predicted molar refractivity (Wildman–Crippen MR) is 60.3 cm³/mol. The van der Waals surface area contributed by atoms with Gasteiger partial charge in [0, 0.05) is 0 Å². The van der Waals surface area contributed by atoms with Crippen LogP contribution in [0.2, 0.25) is 0 Å². The van der Waals surface area contributed by atoms with Crippen LogP contribution < -0.4 is 0 Å². The van der Waals surface area contributed by atoms with E-state index in [1.54, 1.807) is 12.4 Å². The molecule has 0 aromatic heterocycles. The molecule has 0 aliphatic heterocycles. The standard InChI is InChI=1S/C12H19N/c1-6-12(10-9-11(4)5)13(7-2)8-3/h6-8,12H,1-4,9-10H2,5H3. The van der Waals surface area contributed by atoms with Crippen LogP contribution in [0.1, 0.15) is 19.8 Å². The van der Waals surface area contributed by atoms with Gasteiger partial charge >= 0.3 is 0 Å². The molecule has 0 fully saturated rings. The van der Waals surface area contributed by atoms with Crippen LogP contribution in [-0.4, -0.2) is 10.9 Å². The molecule has 0 aliphatic carbocycles. The Morgan fingerprint density at radius 1 is 1.31 bits per heavy atom. The van der Waals surface area contributed by atoms with Gasteiger partial charge in [-0.2, -0.15) is 0 Å². The molecule has 0 aromatic carbocycles. The lowest BCUT2D eigenvalue weighted by Crippen LogP contribution is -2.23. The van der Waals surface area contributed by atoms with Crippen LogP contribution >= 0.6 is 0 Å². The minimum absolute atomic E-state index is 0.284. The molecule has 1 nitrogen and oxygen atoms in total. The largest absolute Gasteiger partial charge is 0.349 e. The molecule has 72 valence electrons. The SMILES string of the molecule is C=CC(CCC(=C)C)N(C=C)C=C. The summed E-state index contributed by atoms with van der Waals surface area (Å²) in [5.74, 6) is 0. The van der Waals surface area contributed by atoms with Gasteiger partial charge in [0.15, 0.2) is 0 Å². The number of hydrogen-bond donors (Lipinski definition) is 0. The lowest BCUT2D eigenvalue weighted by Gasteiger charge is -2.23. The molecular weight excluding hydrogens is 158 g/mol. The van der Waals surface area contributed by atoms with Gasteiger partial charge in [0.2, 0.25) is 0 Å². The average Bonchev–Trinajstić information content (AvgIpc) is 2.11. The van der Waals surface area contributed by atoms with Crippen molar-refractivity contribution in [3.8, 4) is 0 Å². The van der Waals surface area contributed by atoms with Gasteiger partial charge in [-0.05, 0) is 32.2 Å². The Kier molecular flexibility index (Phi) is 5.69. The van der Waals surface area contributed by atoms with Crippen molar-refractivity contribution in [3.05, 3.63) is 50.4 Å². The maximum absolute atomic E-state index is 3.87. The van der Waals surface area contributed by atoms with Gasteiger partial charge in [0.1, 0.15) is 0 Å². The molecule has 0 aromatic rings. The summed E-state index contributed by atoms with van der Waals surface area (Å²) in [5, 5.41) is 0. The van der Waals surface area contributed by atoms with Crippen LogP contribution in [0.4, 0.5) is 0 Å². The van der Waals surface area contributed by atoms with E-state index in [4.69, 9.17) is 0 Å². The molecular formula is C12H19N. The second-order valence-electron chi connectivity index (χ2n) is 3.11. The summed E-state index contributed by atoms with van der Waals surface area (Å²) in [6.45, 7) is 17.1. The Balaban J connectivity index is 4.14. The van der Waals surface area contributed by atoms with Crippen LogP contribution in [0.5, 0.6) is 0 Å². The second kappa shape index (κ2) is 6.30. The van der Waals surface area contributed by atoms with E-state index in [2.05, 4.69) is 26.3 Å². The zero-order chi connectivity index (χ0) is 10.3. The summed E-state index contributed by atoms with van der Waals surface area (Å²) in [6, 6.07) is 0.284. The van der Waals surface area contributed by atoms with Gasteiger partial charge in [0.25, 0.3) is 0 Å². The molecule has 1 atom stereocenters. The van der Waals surface area contributed by atoms with Gasteiger partial charge in [-0.1, -0.05) is 24.8 Å². The zero-order valence-electron chi connectivity index (χ0n) is 8.50. The van der Waals surface area contributed by atoms with E-state index in [0.29, 0.717) is 0 Å². The summed E-state index contributed by atoms with van der Waals surface area (Å²) in [7, 11) is 0. The molecule has 0 N–H and O–H groups in total. The highest BCUT2D eigenvalue weighted by Gasteiger charge is 2.07. The van der Waals surface area contributed by atoms with Crippen molar-refractivity contribution in [2.45, 2.75) is 25.8 Å². The molecule has 0 rings (SSSR count). The van der Waals surface area contributed by atoms with Crippen molar-refractivity contribution in [3.63, 3.8) is 0 Å². The summed E-state index contributed by atoms with van der Waals surface area (Å²) in [5.41, 5.74) is 1.19. The molecule has 13 heavy (non-hydrogen) atoms. The predicted octanol–water partition coefficient (Wildman–Crippen LogP) is 3.49. The van der Waals surface area contributed by atoms with Crippen molar-refractivity contribution in [2.24, 2.45) is 0 Å². The monoisotopic (exact) mass is 177 g/mol. The van der Waals surface area contributed by atoms with Crippen LogP contribution in [0, 0.1) is 0 Å². The molecule has 0 spiro atoms. The molecule has 0 radical (unpaired) electrons. The lowest BCUT2D eigenvalue weighted by molar-refractivity contribution is 0.406. The summed E-state index contributed by atoms with van der Waals surface area (Å²) >= 11 is 0. The highest BCUT2D eigenvalue weighted by molar-refractivity contribution is 4.99. The third-order valence-corrected chi connectivity index (χ3v) is 1.94. The first-order valence-electron chi connectivity index (χ1n) is 4.45.